The maximum Gasteiger partial charge on any atom is 0.265 e. The van der Waals surface area contributed by atoms with E-state index in [2.05, 4.69) is 5.32 Å². The SMILES string of the molecule is CNC(=O)[C@@H](C)N(Cc1cccc(OC)c1)C(=O)CN(c1cc(Cl)ccc1OC)S(=O)(=O)c1ccc(OC)c(OC)c1. The quantitative estimate of drug-likeness (QED) is 0.307. The molecule has 0 heterocycles. The lowest BCUT2D eigenvalue weighted by Crippen LogP contribution is -2.50. The maximum atomic E-state index is 14.2. The van der Waals surface area contributed by atoms with Crippen LogP contribution in [0.15, 0.2) is 65.6 Å². The number of carbonyl (C=O) groups is 2. The third-order valence-electron chi connectivity index (χ3n) is 6.53. The fourth-order valence-corrected chi connectivity index (χ4v) is 5.83. The first-order valence-electron chi connectivity index (χ1n) is 12.7. The van der Waals surface area contributed by atoms with E-state index in [1.165, 1.54) is 76.8 Å². The summed E-state index contributed by atoms with van der Waals surface area (Å²) in [4.78, 5) is 27.8. The Balaban J connectivity index is 2.15. The standard InChI is InChI=1S/C29H34ClN3O8S/c1-19(29(35)31-2)32(17-20-8-7-9-22(14-20)38-3)28(34)18-33(24-15-21(30)10-12-25(24)39-4)42(36,37)23-11-13-26(40-5)27(16-23)41-6/h7-16,19H,17-18H2,1-6H3,(H,31,35)/t19-/m1/s1. The Kier molecular flexibility index (Phi) is 10.9. The second-order valence-electron chi connectivity index (χ2n) is 9.01. The molecule has 2 amide bonds. The average molecular weight is 620 g/mol. The molecule has 11 nitrogen and oxygen atoms in total. The minimum atomic E-state index is -4.43. The first-order chi connectivity index (χ1) is 20.0. The molecule has 0 fully saturated rings. The Labute approximate surface area is 250 Å². The minimum Gasteiger partial charge on any atom is -0.497 e. The van der Waals surface area contributed by atoms with Crippen LogP contribution in [-0.2, 0) is 26.2 Å². The molecule has 0 saturated heterocycles. The summed E-state index contributed by atoms with van der Waals surface area (Å²) in [5.74, 6) is 0.142. The molecule has 13 heteroatoms. The highest BCUT2D eigenvalue weighted by molar-refractivity contribution is 7.92. The van der Waals surface area contributed by atoms with E-state index in [1.807, 2.05) is 0 Å². The topological polar surface area (TPSA) is 124 Å². The molecule has 0 unspecified atom stereocenters. The molecule has 0 aromatic heterocycles. The summed E-state index contributed by atoms with van der Waals surface area (Å²) >= 11 is 6.27. The van der Waals surface area contributed by atoms with Gasteiger partial charge in [-0.2, -0.15) is 0 Å². The smallest absolute Gasteiger partial charge is 0.265 e. The maximum absolute atomic E-state index is 14.2. The van der Waals surface area contributed by atoms with Gasteiger partial charge >= 0.3 is 0 Å². The number of carbonyl (C=O) groups excluding carboxylic acids is 2. The fraction of sp³-hybridized carbons (Fsp3) is 0.310. The predicted octanol–water partition coefficient (Wildman–Crippen LogP) is 3.73. The van der Waals surface area contributed by atoms with Crippen LogP contribution in [0, 0.1) is 0 Å². The molecule has 3 aromatic rings. The van der Waals surface area contributed by atoms with E-state index in [9.17, 15) is 18.0 Å². The summed E-state index contributed by atoms with van der Waals surface area (Å²) in [5.41, 5.74) is 0.704. The van der Waals surface area contributed by atoms with Crippen molar-refractivity contribution in [3.05, 3.63) is 71.2 Å². The molecule has 0 bridgehead atoms. The van der Waals surface area contributed by atoms with Crippen molar-refractivity contribution in [3.63, 3.8) is 0 Å². The van der Waals surface area contributed by atoms with Gasteiger partial charge in [-0.25, -0.2) is 8.42 Å². The average Bonchev–Trinajstić information content (AvgIpc) is 3.01. The van der Waals surface area contributed by atoms with Crippen molar-refractivity contribution in [1.82, 2.24) is 10.2 Å². The van der Waals surface area contributed by atoms with Crippen LogP contribution in [-0.4, -0.2) is 73.2 Å². The summed E-state index contributed by atoms with van der Waals surface area (Å²) in [6.07, 6.45) is 0. The van der Waals surface area contributed by atoms with Gasteiger partial charge in [0.1, 0.15) is 24.1 Å². The number of hydrogen-bond acceptors (Lipinski definition) is 8. The molecular formula is C29H34ClN3O8S. The first-order valence-corrected chi connectivity index (χ1v) is 14.5. The molecule has 0 aliphatic carbocycles. The van der Waals surface area contributed by atoms with Crippen molar-refractivity contribution in [2.24, 2.45) is 0 Å². The zero-order chi connectivity index (χ0) is 31.0. The molecule has 42 heavy (non-hydrogen) atoms. The van der Waals surface area contributed by atoms with Gasteiger partial charge in [0.25, 0.3) is 10.0 Å². The van der Waals surface area contributed by atoms with Crippen LogP contribution in [0.2, 0.25) is 5.02 Å². The molecule has 3 aromatic carbocycles. The van der Waals surface area contributed by atoms with E-state index >= 15 is 0 Å². The van der Waals surface area contributed by atoms with E-state index in [0.717, 1.165) is 4.31 Å². The Morgan fingerprint density at radius 2 is 1.55 bits per heavy atom. The van der Waals surface area contributed by atoms with Gasteiger partial charge in [0, 0.05) is 24.7 Å². The summed E-state index contributed by atoms with van der Waals surface area (Å²) in [5, 5.41) is 2.77. The van der Waals surface area contributed by atoms with Crippen molar-refractivity contribution < 1.29 is 37.0 Å². The number of rotatable bonds is 13. The predicted molar refractivity (Wildman–Crippen MR) is 159 cm³/mol. The third kappa shape index (κ3) is 7.18. The number of nitrogens with zero attached hydrogens (tertiary/aromatic N) is 2. The molecule has 3 rings (SSSR count). The molecule has 0 radical (unpaired) electrons. The van der Waals surface area contributed by atoms with Gasteiger partial charge in [-0.3, -0.25) is 13.9 Å². The number of sulfonamides is 1. The Hall–Kier alpha value is -4.16. The van der Waals surface area contributed by atoms with E-state index in [1.54, 1.807) is 31.2 Å². The molecule has 0 saturated carbocycles. The second kappa shape index (κ2) is 14.1. The monoisotopic (exact) mass is 619 g/mol. The number of methoxy groups -OCH3 is 4. The molecular weight excluding hydrogens is 586 g/mol. The van der Waals surface area contributed by atoms with E-state index in [0.29, 0.717) is 17.1 Å². The van der Waals surface area contributed by atoms with Crippen LogP contribution in [0.4, 0.5) is 5.69 Å². The van der Waals surface area contributed by atoms with Crippen LogP contribution in [0.5, 0.6) is 23.0 Å². The number of amides is 2. The molecule has 0 aliphatic heterocycles. The largest absolute Gasteiger partial charge is 0.497 e. The van der Waals surface area contributed by atoms with Crippen LogP contribution >= 0.6 is 11.6 Å². The van der Waals surface area contributed by atoms with E-state index < -0.39 is 34.4 Å². The van der Waals surface area contributed by atoms with Gasteiger partial charge in [0.2, 0.25) is 11.8 Å². The molecule has 1 N–H and O–H groups in total. The summed E-state index contributed by atoms with van der Waals surface area (Å²) in [6, 6.07) is 14.6. The van der Waals surface area contributed by atoms with Crippen molar-refractivity contribution in [2.45, 2.75) is 24.4 Å². The first kappa shape index (κ1) is 32.4. The normalized spacial score (nSPS) is 11.7. The van der Waals surface area contributed by atoms with Gasteiger partial charge < -0.3 is 29.2 Å². The highest BCUT2D eigenvalue weighted by atomic mass is 35.5. The molecule has 1 atom stereocenters. The van der Waals surface area contributed by atoms with Crippen LogP contribution < -0.4 is 28.6 Å². The molecule has 226 valence electrons. The Morgan fingerprint density at radius 3 is 2.17 bits per heavy atom. The minimum absolute atomic E-state index is 0.00153. The fourth-order valence-electron chi connectivity index (χ4n) is 4.23. The number of anilines is 1. The zero-order valence-electron chi connectivity index (χ0n) is 24.2. The highest BCUT2D eigenvalue weighted by Crippen LogP contribution is 2.37. The van der Waals surface area contributed by atoms with Crippen molar-refractivity contribution in [1.29, 1.82) is 0 Å². The van der Waals surface area contributed by atoms with Crippen LogP contribution in [0.3, 0.4) is 0 Å². The summed E-state index contributed by atoms with van der Waals surface area (Å²) in [6.45, 7) is 0.879. The van der Waals surface area contributed by atoms with E-state index in [4.69, 9.17) is 30.5 Å². The van der Waals surface area contributed by atoms with Crippen molar-refractivity contribution in [2.75, 3.05) is 46.3 Å². The number of hydrogen-bond donors (Lipinski definition) is 1. The number of likely N-dealkylation sites (N-methyl/N-ethyl adjacent to an activating group) is 1. The lowest BCUT2D eigenvalue weighted by atomic mass is 10.1. The number of benzene rings is 3. The van der Waals surface area contributed by atoms with Gasteiger partial charge in [-0.05, 0) is 55.0 Å². The summed E-state index contributed by atoms with van der Waals surface area (Å²) in [7, 11) is 2.72. The lowest BCUT2D eigenvalue weighted by molar-refractivity contribution is -0.139. The highest BCUT2D eigenvalue weighted by Gasteiger charge is 2.34. The third-order valence-corrected chi connectivity index (χ3v) is 8.52. The van der Waals surface area contributed by atoms with Gasteiger partial charge in [-0.1, -0.05) is 23.7 Å². The van der Waals surface area contributed by atoms with Crippen LogP contribution in [0.1, 0.15) is 12.5 Å². The van der Waals surface area contributed by atoms with Crippen molar-refractivity contribution >= 4 is 39.1 Å². The number of halogens is 1. The van der Waals surface area contributed by atoms with Gasteiger partial charge in [0.15, 0.2) is 11.5 Å². The molecule has 0 aliphatic rings. The zero-order valence-corrected chi connectivity index (χ0v) is 25.8. The van der Waals surface area contributed by atoms with Crippen molar-refractivity contribution in [3.8, 4) is 23.0 Å². The molecule has 0 spiro atoms. The second-order valence-corrected chi connectivity index (χ2v) is 11.3. The lowest BCUT2D eigenvalue weighted by Gasteiger charge is -2.32. The van der Waals surface area contributed by atoms with Gasteiger partial charge in [-0.15, -0.1) is 0 Å². The summed E-state index contributed by atoms with van der Waals surface area (Å²) < 4.78 is 50.6. The number of ether oxygens (including phenoxy) is 4. The number of nitrogens with one attached hydrogen (secondary N) is 1. The Morgan fingerprint density at radius 1 is 0.881 bits per heavy atom. The van der Waals surface area contributed by atoms with E-state index in [-0.39, 0.29) is 33.6 Å². The Bertz CT molecular complexity index is 1530. The van der Waals surface area contributed by atoms with Gasteiger partial charge in [0.05, 0.1) is 39.0 Å². The van der Waals surface area contributed by atoms with Crippen LogP contribution in [0.25, 0.3) is 0 Å².